The standard InChI is InChI=1S/C19H31N3O3/c23-18(21-9-6-14-12-20-13-15(14)7-10-21)16-4-1-2-8-22(16)19(24)17-5-3-11-25-17/h14-17,20H,1-13H2/t14-,15+,16?,17?. The Morgan fingerprint density at radius 1 is 0.840 bits per heavy atom. The highest BCUT2D eigenvalue weighted by molar-refractivity contribution is 5.89. The van der Waals surface area contributed by atoms with Crippen LogP contribution in [-0.4, -0.2) is 73.1 Å². The van der Waals surface area contributed by atoms with Crippen LogP contribution in [0.5, 0.6) is 0 Å². The van der Waals surface area contributed by atoms with Crippen molar-refractivity contribution in [2.24, 2.45) is 11.8 Å². The fraction of sp³-hybridized carbons (Fsp3) is 0.895. The Kier molecular flexibility index (Phi) is 5.27. The largest absolute Gasteiger partial charge is 0.368 e. The lowest BCUT2D eigenvalue weighted by molar-refractivity contribution is -0.153. The molecule has 0 radical (unpaired) electrons. The van der Waals surface area contributed by atoms with Crippen LogP contribution in [-0.2, 0) is 14.3 Å². The van der Waals surface area contributed by atoms with Crippen molar-refractivity contribution in [2.45, 2.75) is 57.1 Å². The maximum Gasteiger partial charge on any atom is 0.252 e. The summed E-state index contributed by atoms with van der Waals surface area (Å²) in [6.45, 7) is 5.27. The van der Waals surface area contributed by atoms with Gasteiger partial charge in [-0.05, 0) is 69.9 Å². The molecule has 4 heterocycles. The highest BCUT2D eigenvalue weighted by atomic mass is 16.5. The number of rotatable bonds is 2. The normalized spacial score (nSPS) is 36.2. The number of hydrogen-bond donors (Lipinski definition) is 1. The average Bonchev–Trinajstić information content (AvgIpc) is 3.30. The quantitative estimate of drug-likeness (QED) is 0.808. The van der Waals surface area contributed by atoms with Crippen molar-refractivity contribution in [3.05, 3.63) is 0 Å². The van der Waals surface area contributed by atoms with Gasteiger partial charge in [0.15, 0.2) is 0 Å². The topological polar surface area (TPSA) is 61.9 Å². The number of fused-ring (bicyclic) bond motifs is 1. The van der Waals surface area contributed by atoms with Crippen LogP contribution in [0.2, 0.25) is 0 Å². The molecule has 140 valence electrons. The number of carbonyl (C=O) groups is 2. The van der Waals surface area contributed by atoms with Crippen LogP contribution >= 0.6 is 0 Å². The molecule has 0 aromatic carbocycles. The van der Waals surface area contributed by atoms with Gasteiger partial charge in [0.05, 0.1) is 0 Å². The number of nitrogens with zero attached hydrogens (tertiary/aromatic N) is 2. The lowest BCUT2D eigenvalue weighted by Gasteiger charge is -2.38. The Hall–Kier alpha value is -1.14. The second-order valence-electron chi connectivity index (χ2n) is 8.13. The molecule has 4 fully saturated rings. The minimum absolute atomic E-state index is 0.0476. The Balaban J connectivity index is 1.42. The van der Waals surface area contributed by atoms with Gasteiger partial charge in [-0.25, -0.2) is 0 Å². The lowest BCUT2D eigenvalue weighted by atomic mass is 9.92. The first-order valence-corrected chi connectivity index (χ1v) is 10.2. The van der Waals surface area contributed by atoms with E-state index < -0.39 is 0 Å². The number of amides is 2. The zero-order chi connectivity index (χ0) is 17.2. The SMILES string of the molecule is O=C(C1CCCCN1C(=O)C1CCCO1)N1CC[C@@H]2CNC[C@@H]2CC1. The molecule has 4 rings (SSSR count). The second kappa shape index (κ2) is 7.62. The molecule has 1 N–H and O–H groups in total. The van der Waals surface area contributed by atoms with Crippen LogP contribution in [0, 0.1) is 11.8 Å². The molecule has 2 amide bonds. The molecule has 25 heavy (non-hydrogen) atoms. The molecule has 4 aliphatic heterocycles. The monoisotopic (exact) mass is 349 g/mol. The van der Waals surface area contributed by atoms with Crippen molar-refractivity contribution < 1.29 is 14.3 Å². The van der Waals surface area contributed by atoms with E-state index in [1.807, 2.05) is 9.80 Å². The van der Waals surface area contributed by atoms with E-state index in [4.69, 9.17) is 4.74 Å². The van der Waals surface area contributed by atoms with E-state index in [2.05, 4.69) is 5.32 Å². The number of ether oxygens (including phenoxy) is 1. The average molecular weight is 349 g/mol. The van der Waals surface area contributed by atoms with Gasteiger partial charge in [-0.3, -0.25) is 9.59 Å². The van der Waals surface area contributed by atoms with Crippen molar-refractivity contribution in [1.82, 2.24) is 15.1 Å². The first-order valence-electron chi connectivity index (χ1n) is 10.2. The van der Waals surface area contributed by atoms with Crippen LogP contribution in [0.4, 0.5) is 0 Å². The summed E-state index contributed by atoms with van der Waals surface area (Å²) in [6.07, 6.45) is 6.46. The minimum atomic E-state index is -0.317. The highest BCUT2D eigenvalue weighted by Crippen LogP contribution is 2.29. The molecule has 4 atom stereocenters. The summed E-state index contributed by atoms with van der Waals surface area (Å²) in [7, 11) is 0. The van der Waals surface area contributed by atoms with E-state index in [1.165, 1.54) is 0 Å². The van der Waals surface area contributed by atoms with Gasteiger partial charge in [0.1, 0.15) is 12.1 Å². The van der Waals surface area contributed by atoms with Gasteiger partial charge in [0.25, 0.3) is 5.91 Å². The number of carbonyl (C=O) groups excluding carboxylic acids is 2. The third-order valence-electron chi connectivity index (χ3n) is 6.61. The van der Waals surface area contributed by atoms with Crippen LogP contribution in [0.15, 0.2) is 0 Å². The van der Waals surface area contributed by atoms with Gasteiger partial charge in [-0.15, -0.1) is 0 Å². The molecule has 4 saturated heterocycles. The molecule has 0 spiro atoms. The molecule has 6 nitrogen and oxygen atoms in total. The molecule has 2 unspecified atom stereocenters. The van der Waals surface area contributed by atoms with Crippen LogP contribution in [0.25, 0.3) is 0 Å². The summed E-state index contributed by atoms with van der Waals surface area (Å²) in [5, 5.41) is 3.48. The van der Waals surface area contributed by atoms with Gasteiger partial charge < -0.3 is 19.9 Å². The second-order valence-corrected chi connectivity index (χ2v) is 8.13. The molecule has 0 aromatic rings. The Morgan fingerprint density at radius 3 is 2.28 bits per heavy atom. The van der Waals surface area contributed by atoms with Crippen molar-refractivity contribution in [1.29, 1.82) is 0 Å². The van der Waals surface area contributed by atoms with Gasteiger partial charge in [0.2, 0.25) is 5.91 Å². The van der Waals surface area contributed by atoms with Crippen molar-refractivity contribution in [3.63, 3.8) is 0 Å². The molecule has 4 aliphatic rings. The molecule has 0 aromatic heterocycles. The third kappa shape index (κ3) is 3.56. The van der Waals surface area contributed by atoms with Gasteiger partial charge in [0, 0.05) is 26.2 Å². The number of nitrogens with one attached hydrogen (secondary N) is 1. The van der Waals surface area contributed by atoms with E-state index in [-0.39, 0.29) is 24.0 Å². The van der Waals surface area contributed by atoms with Crippen LogP contribution in [0.1, 0.15) is 44.9 Å². The van der Waals surface area contributed by atoms with E-state index in [0.29, 0.717) is 25.0 Å². The molecule has 0 aliphatic carbocycles. The summed E-state index contributed by atoms with van der Waals surface area (Å²) in [5.74, 6) is 1.66. The van der Waals surface area contributed by atoms with Crippen LogP contribution in [0.3, 0.4) is 0 Å². The predicted molar refractivity (Wildman–Crippen MR) is 94.0 cm³/mol. The summed E-state index contributed by atoms with van der Waals surface area (Å²) in [4.78, 5) is 30.0. The number of hydrogen-bond acceptors (Lipinski definition) is 4. The summed E-state index contributed by atoms with van der Waals surface area (Å²) >= 11 is 0. The molecule has 0 saturated carbocycles. The molecule has 0 bridgehead atoms. The molecule has 6 heteroatoms. The maximum atomic E-state index is 13.2. The fourth-order valence-electron chi connectivity index (χ4n) is 5.06. The van der Waals surface area contributed by atoms with E-state index >= 15 is 0 Å². The highest BCUT2D eigenvalue weighted by Gasteiger charge is 2.40. The van der Waals surface area contributed by atoms with Crippen LogP contribution < -0.4 is 5.32 Å². The molecular formula is C19H31N3O3. The maximum absolute atomic E-state index is 13.2. The molecular weight excluding hydrogens is 318 g/mol. The van der Waals surface area contributed by atoms with Gasteiger partial charge >= 0.3 is 0 Å². The summed E-state index contributed by atoms with van der Waals surface area (Å²) in [6, 6.07) is -0.262. The lowest BCUT2D eigenvalue weighted by Crippen LogP contribution is -2.55. The van der Waals surface area contributed by atoms with E-state index in [0.717, 1.165) is 71.1 Å². The zero-order valence-electron chi connectivity index (χ0n) is 15.1. The van der Waals surface area contributed by atoms with Crippen molar-refractivity contribution in [2.75, 3.05) is 39.3 Å². The first kappa shape index (κ1) is 17.3. The first-order chi connectivity index (χ1) is 12.2. The van der Waals surface area contributed by atoms with Crippen molar-refractivity contribution in [3.8, 4) is 0 Å². The minimum Gasteiger partial charge on any atom is -0.368 e. The fourth-order valence-corrected chi connectivity index (χ4v) is 5.06. The van der Waals surface area contributed by atoms with E-state index in [9.17, 15) is 9.59 Å². The zero-order valence-corrected chi connectivity index (χ0v) is 15.1. The third-order valence-corrected chi connectivity index (χ3v) is 6.61. The Labute approximate surface area is 150 Å². The number of likely N-dealkylation sites (tertiary alicyclic amines) is 2. The van der Waals surface area contributed by atoms with Crippen molar-refractivity contribution >= 4 is 11.8 Å². The van der Waals surface area contributed by atoms with Gasteiger partial charge in [-0.2, -0.15) is 0 Å². The summed E-state index contributed by atoms with van der Waals surface area (Å²) in [5.41, 5.74) is 0. The summed E-state index contributed by atoms with van der Waals surface area (Å²) < 4.78 is 5.59. The Morgan fingerprint density at radius 2 is 1.60 bits per heavy atom. The van der Waals surface area contributed by atoms with E-state index in [1.54, 1.807) is 0 Å². The smallest absolute Gasteiger partial charge is 0.252 e. The number of piperidine rings is 1. The predicted octanol–water partition coefficient (Wildman–Crippen LogP) is 1.00. The Bertz CT molecular complexity index is 492. The van der Waals surface area contributed by atoms with Gasteiger partial charge in [-0.1, -0.05) is 0 Å².